The fraction of sp³-hybridized carbons (Fsp3) is 0.500. The van der Waals surface area contributed by atoms with Crippen LogP contribution in [0, 0.1) is 11.8 Å². The highest BCUT2D eigenvalue weighted by molar-refractivity contribution is 7.87. The highest BCUT2D eigenvalue weighted by Gasteiger charge is 2.36. The topological polar surface area (TPSA) is 108 Å². The van der Waals surface area contributed by atoms with Crippen molar-refractivity contribution in [2.45, 2.75) is 57.7 Å². The van der Waals surface area contributed by atoms with Crippen molar-refractivity contribution < 1.29 is 27.8 Å². The molecular formula is C34H46ClN3O6S. The Kier molecular flexibility index (Phi) is 12.9. The van der Waals surface area contributed by atoms with E-state index in [1.165, 1.54) is 11.4 Å². The Morgan fingerprint density at radius 2 is 2.02 bits per heavy atom. The third kappa shape index (κ3) is 9.33. The van der Waals surface area contributed by atoms with Gasteiger partial charge in [-0.25, -0.2) is 4.72 Å². The quantitative estimate of drug-likeness (QED) is 0.203. The van der Waals surface area contributed by atoms with E-state index in [-0.39, 0.29) is 37.1 Å². The summed E-state index contributed by atoms with van der Waals surface area (Å²) in [5.41, 5.74) is 3.13. The van der Waals surface area contributed by atoms with Crippen LogP contribution in [0.4, 0.5) is 5.69 Å². The summed E-state index contributed by atoms with van der Waals surface area (Å²) >= 11 is 6.31. The molecule has 0 spiro atoms. The molecule has 45 heavy (non-hydrogen) atoms. The van der Waals surface area contributed by atoms with E-state index in [9.17, 15) is 18.3 Å². The molecule has 1 amide bonds. The minimum absolute atomic E-state index is 0.118. The lowest BCUT2D eigenvalue weighted by molar-refractivity contribution is 0.0465. The standard InChI is InChI=1S/C34H46ClN3O6S/c1-4-6-8-18-38(19-20-43-3)45(41,42)36-34(40)26-13-16-33-31(22-26)37(23-27-12-15-30(27)32(39)5-2)17-9-7-10-25-21-29(35)14-11-28(25)24-44-33/h4-5,11,13-14,16,21-22,27,30,32,39H,1-2,6-10,12,15,17-20,23-24H2,3H3,(H,36,40)/t27-,30+,32-/m0/s1. The number of methoxy groups -OCH3 is 1. The van der Waals surface area contributed by atoms with Gasteiger partial charge < -0.3 is 19.5 Å². The van der Waals surface area contributed by atoms with Crippen molar-refractivity contribution in [1.29, 1.82) is 0 Å². The number of ether oxygens (including phenoxy) is 2. The molecule has 0 radical (unpaired) electrons. The van der Waals surface area contributed by atoms with E-state index in [1.54, 1.807) is 30.4 Å². The Morgan fingerprint density at radius 1 is 1.20 bits per heavy atom. The summed E-state index contributed by atoms with van der Waals surface area (Å²) in [6, 6.07) is 10.9. The summed E-state index contributed by atoms with van der Waals surface area (Å²) in [6.07, 6.45) is 8.57. The number of aryl methyl sites for hydroxylation is 1. The number of nitrogens with zero attached hydrogens (tertiary/aromatic N) is 2. The number of benzene rings is 2. The summed E-state index contributed by atoms with van der Waals surface area (Å²) < 4.78 is 41.6. The lowest BCUT2D eigenvalue weighted by atomic mass is 9.70. The van der Waals surface area contributed by atoms with Crippen LogP contribution in [-0.4, -0.2) is 69.7 Å². The molecule has 1 fully saturated rings. The van der Waals surface area contributed by atoms with E-state index in [0.29, 0.717) is 43.3 Å². The molecule has 1 aliphatic carbocycles. The fourth-order valence-corrected chi connectivity index (χ4v) is 7.37. The summed E-state index contributed by atoms with van der Waals surface area (Å²) in [6.45, 7) is 9.73. The van der Waals surface area contributed by atoms with Gasteiger partial charge in [0.1, 0.15) is 12.4 Å². The second-order valence-electron chi connectivity index (χ2n) is 11.8. The zero-order valence-electron chi connectivity index (χ0n) is 26.1. The normalized spacial score (nSPS) is 19.2. The first-order valence-electron chi connectivity index (χ1n) is 15.7. The lowest BCUT2D eigenvalue weighted by Crippen LogP contribution is -2.45. The molecule has 2 aliphatic rings. The average Bonchev–Trinajstić information content (AvgIpc) is 3.03. The smallest absolute Gasteiger partial charge is 0.304 e. The van der Waals surface area contributed by atoms with Gasteiger partial charge in [0, 0.05) is 43.9 Å². The number of nitrogens with one attached hydrogen (secondary N) is 1. The first-order valence-corrected chi connectivity index (χ1v) is 17.5. The van der Waals surface area contributed by atoms with E-state index in [0.717, 1.165) is 48.9 Å². The highest BCUT2D eigenvalue weighted by atomic mass is 35.5. The number of rotatable bonds is 14. The van der Waals surface area contributed by atoms with Crippen LogP contribution >= 0.6 is 11.6 Å². The Balaban J connectivity index is 1.63. The van der Waals surface area contributed by atoms with Crippen molar-refractivity contribution in [3.8, 4) is 5.75 Å². The van der Waals surface area contributed by atoms with Crippen molar-refractivity contribution in [3.05, 3.63) is 83.4 Å². The third-order valence-corrected chi connectivity index (χ3v) is 10.5. The molecule has 4 rings (SSSR count). The summed E-state index contributed by atoms with van der Waals surface area (Å²) in [5, 5.41) is 11.2. The van der Waals surface area contributed by atoms with Gasteiger partial charge in [0.25, 0.3) is 5.91 Å². The third-order valence-electron chi connectivity index (χ3n) is 8.77. The molecule has 11 heteroatoms. The second-order valence-corrected chi connectivity index (χ2v) is 13.9. The Morgan fingerprint density at radius 3 is 2.73 bits per heavy atom. The molecule has 2 aromatic carbocycles. The SMILES string of the molecule is C=CCCCN(CCOC)S(=O)(=O)NC(=O)c1ccc2c(c1)N(C[C@@H]1CC[C@H]1[C@@H](O)C=C)CCCCc1cc(Cl)ccc1CO2. The zero-order chi connectivity index (χ0) is 32.4. The van der Waals surface area contributed by atoms with Crippen LogP contribution < -0.4 is 14.4 Å². The molecule has 246 valence electrons. The molecule has 9 nitrogen and oxygen atoms in total. The molecule has 1 saturated carbocycles. The number of allylic oxidation sites excluding steroid dienone is 1. The van der Waals surface area contributed by atoms with E-state index in [1.807, 2.05) is 18.2 Å². The monoisotopic (exact) mass is 659 g/mol. The van der Waals surface area contributed by atoms with Gasteiger partial charge in [0.2, 0.25) is 0 Å². The maximum absolute atomic E-state index is 13.5. The number of fused-ring (bicyclic) bond motifs is 2. The molecule has 3 atom stereocenters. The summed E-state index contributed by atoms with van der Waals surface area (Å²) in [4.78, 5) is 15.7. The van der Waals surface area contributed by atoms with Crippen molar-refractivity contribution in [2.75, 3.05) is 44.8 Å². The van der Waals surface area contributed by atoms with Crippen LogP contribution in [0.25, 0.3) is 0 Å². The van der Waals surface area contributed by atoms with Gasteiger partial charge in [-0.1, -0.05) is 29.8 Å². The predicted molar refractivity (Wildman–Crippen MR) is 179 cm³/mol. The van der Waals surface area contributed by atoms with Crippen LogP contribution in [0.2, 0.25) is 5.02 Å². The number of hydrogen-bond donors (Lipinski definition) is 2. The largest absolute Gasteiger partial charge is 0.487 e. The van der Waals surface area contributed by atoms with Crippen LogP contribution in [0.15, 0.2) is 61.7 Å². The van der Waals surface area contributed by atoms with Gasteiger partial charge in [-0.3, -0.25) is 4.79 Å². The predicted octanol–water partition coefficient (Wildman–Crippen LogP) is 5.52. The number of anilines is 1. The maximum atomic E-state index is 13.5. The van der Waals surface area contributed by atoms with Crippen molar-refractivity contribution >= 4 is 33.4 Å². The molecule has 0 unspecified atom stereocenters. The molecule has 2 N–H and O–H groups in total. The van der Waals surface area contributed by atoms with E-state index < -0.39 is 22.2 Å². The number of carbonyl (C=O) groups is 1. The Bertz CT molecular complexity index is 1440. The molecular weight excluding hydrogens is 614 g/mol. The van der Waals surface area contributed by atoms with Crippen molar-refractivity contribution in [1.82, 2.24) is 9.03 Å². The molecule has 0 saturated heterocycles. The second kappa shape index (κ2) is 16.6. The number of unbranched alkanes of at least 4 members (excludes halogenated alkanes) is 1. The number of aliphatic hydroxyl groups is 1. The number of carbonyl (C=O) groups excluding carboxylic acids is 1. The van der Waals surface area contributed by atoms with Crippen LogP contribution in [0.1, 0.15) is 60.0 Å². The van der Waals surface area contributed by atoms with Gasteiger partial charge in [0.05, 0.1) is 18.4 Å². The highest BCUT2D eigenvalue weighted by Crippen LogP contribution is 2.40. The fourth-order valence-electron chi connectivity index (χ4n) is 6.01. The maximum Gasteiger partial charge on any atom is 0.304 e. The van der Waals surface area contributed by atoms with Gasteiger partial charge in [-0.2, -0.15) is 12.7 Å². The van der Waals surface area contributed by atoms with Crippen LogP contribution in [0.5, 0.6) is 5.75 Å². The number of aliphatic hydroxyl groups excluding tert-OH is 1. The van der Waals surface area contributed by atoms with Crippen molar-refractivity contribution in [2.24, 2.45) is 11.8 Å². The van der Waals surface area contributed by atoms with Gasteiger partial charge in [0.15, 0.2) is 0 Å². The number of hydrogen-bond acceptors (Lipinski definition) is 7. The van der Waals surface area contributed by atoms with E-state index >= 15 is 0 Å². The zero-order valence-corrected chi connectivity index (χ0v) is 27.7. The first kappa shape index (κ1) is 35.0. The molecule has 2 aromatic rings. The Hall–Kier alpha value is -2.89. The minimum atomic E-state index is -4.13. The first-order chi connectivity index (χ1) is 21.7. The number of halogens is 1. The van der Waals surface area contributed by atoms with Gasteiger partial charge >= 0.3 is 10.2 Å². The average molecular weight is 660 g/mol. The van der Waals surface area contributed by atoms with Crippen LogP contribution in [-0.2, 0) is 28.0 Å². The summed E-state index contributed by atoms with van der Waals surface area (Å²) in [7, 11) is -2.63. The molecule has 1 aliphatic heterocycles. The minimum Gasteiger partial charge on any atom is -0.487 e. The van der Waals surface area contributed by atoms with Crippen molar-refractivity contribution in [3.63, 3.8) is 0 Å². The Labute approximate surface area is 273 Å². The molecule has 0 bridgehead atoms. The number of amides is 1. The van der Waals surface area contributed by atoms with E-state index in [4.69, 9.17) is 21.1 Å². The van der Waals surface area contributed by atoms with Crippen LogP contribution in [0.3, 0.4) is 0 Å². The van der Waals surface area contributed by atoms with Gasteiger partial charge in [-0.05, 0) is 98.2 Å². The molecule has 1 heterocycles. The van der Waals surface area contributed by atoms with Gasteiger partial charge in [-0.15, -0.1) is 13.2 Å². The molecule has 0 aromatic heterocycles. The van der Waals surface area contributed by atoms with E-state index in [2.05, 4.69) is 22.8 Å². The summed E-state index contributed by atoms with van der Waals surface area (Å²) in [5.74, 6) is 0.243. The lowest BCUT2D eigenvalue weighted by Gasteiger charge is -2.42.